The van der Waals surface area contributed by atoms with Gasteiger partial charge < -0.3 is 16.0 Å². The number of nitrogens with two attached hydrogens (primary N) is 1. The first kappa shape index (κ1) is 17.7. The third kappa shape index (κ3) is 7.00. The van der Waals surface area contributed by atoms with Crippen LogP contribution < -0.4 is 16.0 Å². The fraction of sp³-hybridized carbons (Fsp3) is 0.385. The molecule has 0 saturated heterocycles. The summed E-state index contributed by atoms with van der Waals surface area (Å²) in [4.78, 5) is 10.5. The van der Waals surface area contributed by atoms with Crippen LogP contribution in [-0.4, -0.2) is 31.6 Å². The molecular formula is C13H22IN5. The average Bonchev–Trinajstić information content (AvgIpc) is 2.34. The lowest BCUT2D eigenvalue weighted by atomic mass is 10.2. The zero-order chi connectivity index (χ0) is 13.5. The quantitative estimate of drug-likeness (QED) is 0.356. The van der Waals surface area contributed by atoms with Crippen molar-refractivity contribution < 1.29 is 0 Å². The van der Waals surface area contributed by atoms with E-state index in [1.165, 1.54) is 0 Å². The van der Waals surface area contributed by atoms with E-state index >= 15 is 0 Å². The molecule has 0 saturated carbocycles. The lowest BCUT2D eigenvalue weighted by Crippen LogP contribution is -2.32. The highest BCUT2D eigenvalue weighted by Gasteiger charge is 1.99. The first-order chi connectivity index (χ1) is 8.49. The Kier molecular flexibility index (Phi) is 8.13. The van der Waals surface area contributed by atoms with Crippen LogP contribution in [0.4, 0.5) is 5.82 Å². The predicted molar refractivity (Wildman–Crippen MR) is 92.1 cm³/mol. The summed E-state index contributed by atoms with van der Waals surface area (Å²) < 4.78 is 0. The molecule has 0 aliphatic rings. The number of nitrogens with one attached hydrogen (secondary N) is 1. The van der Waals surface area contributed by atoms with Crippen molar-refractivity contribution in [3.8, 4) is 0 Å². The van der Waals surface area contributed by atoms with Gasteiger partial charge in [0.25, 0.3) is 0 Å². The molecule has 1 aromatic heterocycles. The van der Waals surface area contributed by atoms with E-state index in [0.717, 1.165) is 17.0 Å². The third-order valence-electron chi connectivity index (χ3n) is 2.27. The molecule has 19 heavy (non-hydrogen) atoms. The van der Waals surface area contributed by atoms with E-state index in [0.29, 0.717) is 19.0 Å². The van der Waals surface area contributed by atoms with E-state index in [1.807, 2.05) is 38.1 Å². The number of halogens is 1. The van der Waals surface area contributed by atoms with Crippen molar-refractivity contribution in [2.45, 2.75) is 13.5 Å². The van der Waals surface area contributed by atoms with Gasteiger partial charge in [0.15, 0.2) is 5.96 Å². The predicted octanol–water partition coefficient (Wildman–Crippen LogP) is 1.75. The molecule has 5 nitrogen and oxygen atoms in total. The van der Waals surface area contributed by atoms with Gasteiger partial charge in [-0.3, -0.25) is 0 Å². The van der Waals surface area contributed by atoms with Gasteiger partial charge in [0.1, 0.15) is 5.82 Å². The fourth-order valence-electron chi connectivity index (χ4n) is 1.28. The molecule has 3 N–H and O–H groups in total. The van der Waals surface area contributed by atoms with Crippen molar-refractivity contribution in [1.29, 1.82) is 0 Å². The second-order valence-corrected chi connectivity index (χ2v) is 4.43. The van der Waals surface area contributed by atoms with Crippen LogP contribution in [0.25, 0.3) is 0 Å². The van der Waals surface area contributed by atoms with Gasteiger partial charge in [-0.2, -0.15) is 0 Å². The normalized spacial score (nSPS) is 10.6. The van der Waals surface area contributed by atoms with E-state index in [2.05, 4.69) is 21.9 Å². The highest BCUT2D eigenvalue weighted by molar-refractivity contribution is 14.0. The van der Waals surface area contributed by atoms with Crippen molar-refractivity contribution in [3.05, 3.63) is 36.0 Å². The van der Waals surface area contributed by atoms with Crippen molar-refractivity contribution in [3.63, 3.8) is 0 Å². The summed E-state index contributed by atoms with van der Waals surface area (Å²) in [7, 11) is 3.91. The summed E-state index contributed by atoms with van der Waals surface area (Å²) in [5.74, 6) is 1.34. The molecule has 0 amide bonds. The Hall–Kier alpha value is -1.31. The molecule has 0 atom stereocenters. The van der Waals surface area contributed by atoms with Gasteiger partial charge in [0.2, 0.25) is 0 Å². The Morgan fingerprint density at radius 3 is 2.79 bits per heavy atom. The van der Waals surface area contributed by atoms with E-state index in [9.17, 15) is 0 Å². The summed E-state index contributed by atoms with van der Waals surface area (Å²) in [6.07, 6.45) is 1.78. The molecule has 1 aromatic rings. The summed E-state index contributed by atoms with van der Waals surface area (Å²) in [6, 6.07) is 3.93. The van der Waals surface area contributed by atoms with Gasteiger partial charge in [-0.1, -0.05) is 12.2 Å². The summed E-state index contributed by atoms with van der Waals surface area (Å²) in [6.45, 7) is 6.91. The van der Waals surface area contributed by atoms with Gasteiger partial charge >= 0.3 is 0 Å². The van der Waals surface area contributed by atoms with E-state index in [4.69, 9.17) is 5.73 Å². The van der Waals surface area contributed by atoms with Crippen LogP contribution in [0.1, 0.15) is 12.5 Å². The monoisotopic (exact) mass is 375 g/mol. The zero-order valence-corrected chi connectivity index (χ0v) is 14.0. The molecule has 0 bridgehead atoms. The first-order valence-corrected chi connectivity index (χ1v) is 5.79. The molecule has 0 aliphatic carbocycles. The van der Waals surface area contributed by atoms with Crippen molar-refractivity contribution in [2.75, 3.05) is 25.5 Å². The Bertz CT molecular complexity index is 442. The first-order valence-electron chi connectivity index (χ1n) is 5.79. The smallest absolute Gasteiger partial charge is 0.189 e. The second-order valence-electron chi connectivity index (χ2n) is 4.43. The second kappa shape index (κ2) is 8.73. The lowest BCUT2D eigenvalue weighted by Gasteiger charge is -2.11. The molecular weight excluding hydrogens is 353 g/mol. The zero-order valence-electron chi connectivity index (χ0n) is 11.7. The van der Waals surface area contributed by atoms with Crippen LogP contribution in [0.2, 0.25) is 0 Å². The number of aliphatic imine (C=N–C) groups is 1. The van der Waals surface area contributed by atoms with Crippen molar-refractivity contribution in [2.24, 2.45) is 10.7 Å². The molecule has 0 aliphatic heterocycles. The van der Waals surface area contributed by atoms with E-state index in [-0.39, 0.29) is 24.0 Å². The lowest BCUT2D eigenvalue weighted by molar-refractivity contribution is 0.937. The Balaban J connectivity index is 0.00000324. The maximum Gasteiger partial charge on any atom is 0.189 e. The summed E-state index contributed by atoms with van der Waals surface area (Å²) in [5.41, 5.74) is 7.84. The number of anilines is 1. The number of hydrogen-bond donors (Lipinski definition) is 2. The number of nitrogens with zero attached hydrogens (tertiary/aromatic N) is 3. The minimum atomic E-state index is 0. The number of hydrogen-bond acceptors (Lipinski definition) is 3. The molecule has 0 aromatic carbocycles. The van der Waals surface area contributed by atoms with Crippen LogP contribution in [0.15, 0.2) is 35.5 Å². The maximum absolute atomic E-state index is 5.74. The molecule has 1 heterocycles. The van der Waals surface area contributed by atoms with Crippen molar-refractivity contribution >= 4 is 35.8 Å². The van der Waals surface area contributed by atoms with Crippen LogP contribution in [0, 0.1) is 0 Å². The number of aromatic nitrogens is 1. The van der Waals surface area contributed by atoms with E-state index < -0.39 is 0 Å². The Morgan fingerprint density at radius 2 is 2.21 bits per heavy atom. The minimum Gasteiger partial charge on any atom is -0.370 e. The van der Waals surface area contributed by atoms with Crippen LogP contribution in [0.5, 0.6) is 0 Å². The number of guanidine groups is 1. The average molecular weight is 375 g/mol. The fourth-order valence-corrected chi connectivity index (χ4v) is 1.28. The topological polar surface area (TPSA) is 66.5 Å². The number of rotatable bonds is 5. The van der Waals surface area contributed by atoms with Crippen LogP contribution in [0.3, 0.4) is 0 Å². The highest BCUT2D eigenvalue weighted by atomic mass is 127. The van der Waals surface area contributed by atoms with E-state index in [1.54, 1.807) is 6.20 Å². The van der Waals surface area contributed by atoms with Crippen molar-refractivity contribution in [1.82, 2.24) is 10.3 Å². The minimum absolute atomic E-state index is 0. The van der Waals surface area contributed by atoms with Gasteiger partial charge in [-0.25, -0.2) is 9.98 Å². The molecule has 1 rings (SSSR count). The molecule has 0 radical (unpaired) electrons. The number of pyridine rings is 1. The molecule has 106 valence electrons. The summed E-state index contributed by atoms with van der Waals surface area (Å²) in [5, 5.41) is 2.99. The molecule has 0 unspecified atom stereocenters. The molecule has 6 heteroatoms. The van der Waals surface area contributed by atoms with Gasteiger partial charge in [-0.05, 0) is 24.6 Å². The largest absolute Gasteiger partial charge is 0.370 e. The maximum atomic E-state index is 5.74. The van der Waals surface area contributed by atoms with Crippen LogP contribution in [-0.2, 0) is 6.54 Å². The highest BCUT2D eigenvalue weighted by Crippen LogP contribution is 2.10. The standard InChI is InChI=1S/C13H21N5.HI/c1-10(2)8-16-13(14)17-9-11-5-6-15-12(7-11)18(3)4;/h5-7H,1,8-9H2,2-4H3,(H3,14,16,17);1H. The molecule has 0 fully saturated rings. The Labute approximate surface area is 132 Å². The van der Waals surface area contributed by atoms with Gasteiger partial charge in [-0.15, -0.1) is 24.0 Å². The summed E-state index contributed by atoms with van der Waals surface area (Å²) >= 11 is 0. The molecule has 0 spiro atoms. The van der Waals surface area contributed by atoms with Gasteiger partial charge in [0.05, 0.1) is 6.54 Å². The van der Waals surface area contributed by atoms with Crippen LogP contribution >= 0.6 is 24.0 Å². The Morgan fingerprint density at radius 1 is 1.53 bits per heavy atom. The third-order valence-corrected chi connectivity index (χ3v) is 2.27. The van der Waals surface area contributed by atoms with Gasteiger partial charge in [0, 0.05) is 26.8 Å². The SMILES string of the molecule is C=C(C)CNC(N)=NCc1ccnc(N(C)C)c1.I.